The number of anilines is 1. The van der Waals surface area contributed by atoms with Gasteiger partial charge < -0.3 is 9.47 Å². The molecule has 0 saturated carbocycles. The van der Waals surface area contributed by atoms with E-state index in [9.17, 15) is 0 Å². The number of hydrogen-bond donors (Lipinski definition) is 0. The van der Waals surface area contributed by atoms with E-state index in [0.29, 0.717) is 0 Å². The molecule has 0 atom stereocenters. The number of fused-ring (bicyclic) bond motifs is 1. The van der Waals surface area contributed by atoms with Crippen molar-refractivity contribution in [1.29, 1.82) is 0 Å². The van der Waals surface area contributed by atoms with E-state index in [0.717, 1.165) is 56.3 Å². The Bertz CT molecular complexity index is 787. The zero-order chi connectivity index (χ0) is 15.6. The molecule has 7 heteroatoms. The fourth-order valence-corrected chi connectivity index (χ4v) is 3.13. The van der Waals surface area contributed by atoms with Gasteiger partial charge in [-0.05, 0) is 24.2 Å². The lowest BCUT2D eigenvalue weighted by Gasteiger charge is -2.34. The summed E-state index contributed by atoms with van der Waals surface area (Å²) in [5, 5.41) is 7.85. The molecule has 1 aliphatic heterocycles. The van der Waals surface area contributed by atoms with Crippen LogP contribution in [0.5, 0.6) is 0 Å². The van der Waals surface area contributed by atoms with Crippen LogP contribution in [-0.2, 0) is 6.54 Å². The van der Waals surface area contributed by atoms with Crippen LogP contribution in [-0.4, -0.2) is 57.5 Å². The van der Waals surface area contributed by atoms with Crippen molar-refractivity contribution in [3.05, 3.63) is 36.3 Å². The molecule has 3 aromatic rings. The highest BCUT2D eigenvalue weighted by Gasteiger charge is 2.21. The third kappa shape index (κ3) is 2.79. The Kier molecular flexibility index (Phi) is 3.70. The molecule has 0 bridgehead atoms. The van der Waals surface area contributed by atoms with E-state index in [1.54, 1.807) is 0 Å². The highest BCUT2D eigenvalue weighted by atomic mass is 16.6. The van der Waals surface area contributed by atoms with Gasteiger partial charge in [-0.2, -0.15) is 0 Å². The van der Waals surface area contributed by atoms with Crippen LogP contribution in [0.15, 0.2) is 35.2 Å². The standard InChI is InChI=1S/C16H20N6O/c1-13-16(19-23-18-13)21-9-6-20(7-10-21)8-11-22-12-17-14-4-2-3-5-15(14)22/h2-5,12H,6-11H2,1H3. The maximum atomic E-state index is 4.80. The van der Waals surface area contributed by atoms with Crippen molar-refractivity contribution >= 4 is 16.9 Å². The number of imidazole rings is 1. The molecular formula is C16H20N6O. The fourth-order valence-electron chi connectivity index (χ4n) is 3.13. The van der Waals surface area contributed by atoms with Gasteiger partial charge in [0, 0.05) is 39.3 Å². The van der Waals surface area contributed by atoms with Crippen molar-refractivity contribution in [2.24, 2.45) is 0 Å². The molecule has 1 fully saturated rings. The molecule has 1 aromatic carbocycles. The van der Waals surface area contributed by atoms with E-state index >= 15 is 0 Å². The Morgan fingerprint density at radius 1 is 1.04 bits per heavy atom. The quantitative estimate of drug-likeness (QED) is 0.728. The smallest absolute Gasteiger partial charge is 0.196 e. The van der Waals surface area contributed by atoms with Gasteiger partial charge in [-0.3, -0.25) is 4.90 Å². The van der Waals surface area contributed by atoms with Gasteiger partial charge in [0.1, 0.15) is 5.69 Å². The summed E-state index contributed by atoms with van der Waals surface area (Å²) < 4.78 is 7.03. The maximum Gasteiger partial charge on any atom is 0.196 e. The third-order valence-electron chi connectivity index (χ3n) is 4.48. The van der Waals surface area contributed by atoms with Gasteiger partial charge in [0.25, 0.3) is 0 Å². The first-order valence-electron chi connectivity index (χ1n) is 7.97. The second-order valence-electron chi connectivity index (χ2n) is 5.93. The van der Waals surface area contributed by atoms with Crippen LogP contribution in [0.1, 0.15) is 5.69 Å². The molecule has 0 N–H and O–H groups in total. The summed E-state index contributed by atoms with van der Waals surface area (Å²) in [5.41, 5.74) is 3.13. The Morgan fingerprint density at radius 2 is 1.87 bits per heavy atom. The Balaban J connectivity index is 1.34. The predicted molar refractivity (Wildman–Crippen MR) is 87.4 cm³/mol. The summed E-state index contributed by atoms with van der Waals surface area (Å²) >= 11 is 0. The fraction of sp³-hybridized carbons (Fsp3) is 0.438. The molecule has 0 radical (unpaired) electrons. The van der Waals surface area contributed by atoms with Crippen LogP contribution in [0.25, 0.3) is 11.0 Å². The number of benzene rings is 1. The van der Waals surface area contributed by atoms with Gasteiger partial charge in [-0.25, -0.2) is 9.61 Å². The average Bonchev–Trinajstić information content (AvgIpc) is 3.20. The highest BCUT2D eigenvalue weighted by Crippen LogP contribution is 2.17. The van der Waals surface area contributed by atoms with E-state index in [1.807, 2.05) is 19.3 Å². The van der Waals surface area contributed by atoms with Crippen LogP contribution in [0, 0.1) is 6.92 Å². The largest absolute Gasteiger partial charge is 0.350 e. The molecule has 0 aliphatic carbocycles. The number of hydrogen-bond acceptors (Lipinski definition) is 6. The Hall–Kier alpha value is -2.41. The summed E-state index contributed by atoms with van der Waals surface area (Å²) in [7, 11) is 0. The summed E-state index contributed by atoms with van der Waals surface area (Å²) in [4.78, 5) is 9.17. The second kappa shape index (κ2) is 6.00. The van der Waals surface area contributed by atoms with Crippen molar-refractivity contribution in [2.45, 2.75) is 13.5 Å². The first kappa shape index (κ1) is 14.2. The minimum atomic E-state index is 0.864. The van der Waals surface area contributed by atoms with Gasteiger partial charge >= 0.3 is 0 Å². The number of piperazine rings is 1. The molecule has 1 saturated heterocycles. The molecule has 4 rings (SSSR count). The summed E-state index contributed by atoms with van der Waals surface area (Å²) in [6, 6.07) is 8.27. The molecule has 120 valence electrons. The molecule has 1 aliphatic rings. The first-order valence-corrected chi connectivity index (χ1v) is 7.97. The highest BCUT2D eigenvalue weighted by molar-refractivity contribution is 5.74. The average molecular weight is 312 g/mol. The Labute approximate surface area is 134 Å². The lowest BCUT2D eigenvalue weighted by molar-refractivity contribution is 0.246. The van der Waals surface area contributed by atoms with Crippen molar-refractivity contribution in [2.75, 3.05) is 37.6 Å². The zero-order valence-electron chi connectivity index (χ0n) is 13.2. The van der Waals surface area contributed by atoms with E-state index < -0.39 is 0 Å². The molecular weight excluding hydrogens is 292 g/mol. The van der Waals surface area contributed by atoms with Crippen LogP contribution < -0.4 is 4.90 Å². The second-order valence-corrected chi connectivity index (χ2v) is 5.93. The van der Waals surface area contributed by atoms with Crippen LogP contribution in [0.3, 0.4) is 0 Å². The van der Waals surface area contributed by atoms with Gasteiger partial charge in [0.15, 0.2) is 5.82 Å². The van der Waals surface area contributed by atoms with Crippen molar-refractivity contribution in [1.82, 2.24) is 24.8 Å². The summed E-state index contributed by atoms with van der Waals surface area (Å²) in [6.07, 6.45) is 1.94. The SMILES string of the molecule is Cc1nonc1N1CCN(CCn2cnc3ccccc32)CC1. The first-order chi connectivity index (χ1) is 11.3. The van der Waals surface area contributed by atoms with Gasteiger partial charge in [-0.15, -0.1) is 0 Å². The summed E-state index contributed by atoms with van der Waals surface area (Å²) in [6.45, 7) is 7.90. The predicted octanol–water partition coefficient (Wildman–Crippen LogP) is 1.55. The number of nitrogens with zero attached hydrogens (tertiary/aromatic N) is 6. The van der Waals surface area contributed by atoms with Gasteiger partial charge in [-0.1, -0.05) is 17.3 Å². The molecule has 0 spiro atoms. The lowest BCUT2D eigenvalue weighted by atomic mass is 10.3. The van der Waals surface area contributed by atoms with Gasteiger partial charge in [0.2, 0.25) is 0 Å². The van der Waals surface area contributed by atoms with Crippen LogP contribution >= 0.6 is 0 Å². The van der Waals surface area contributed by atoms with Crippen molar-refractivity contribution in [3.8, 4) is 0 Å². The number of aryl methyl sites for hydroxylation is 1. The van der Waals surface area contributed by atoms with E-state index in [2.05, 4.69) is 47.9 Å². The van der Waals surface area contributed by atoms with Gasteiger partial charge in [0.05, 0.1) is 17.4 Å². The zero-order valence-corrected chi connectivity index (χ0v) is 13.2. The lowest BCUT2D eigenvalue weighted by Crippen LogP contribution is -2.47. The van der Waals surface area contributed by atoms with Crippen LogP contribution in [0.4, 0.5) is 5.82 Å². The number of para-hydroxylation sites is 2. The molecule has 2 aromatic heterocycles. The molecule has 0 amide bonds. The molecule has 23 heavy (non-hydrogen) atoms. The molecule has 0 unspecified atom stereocenters. The topological polar surface area (TPSA) is 63.2 Å². The van der Waals surface area contributed by atoms with E-state index in [1.165, 1.54) is 5.52 Å². The monoisotopic (exact) mass is 312 g/mol. The van der Waals surface area contributed by atoms with E-state index in [-0.39, 0.29) is 0 Å². The normalized spacial score (nSPS) is 16.3. The third-order valence-corrected chi connectivity index (χ3v) is 4.48. The summed E-state index contributed by atoms with van der Waals surface area (Å²) in [5.74, 6) is 0.880. The van der Waals surface area contributed by atoms with Crippen molar-refractivity contribution in [3.63, 3.8) is 0 Å². The number of rotatable bonds is 4. The number of aromatic nitrogens is 4. The molecule has 3 heterocycles. The molecule has 7 nitrogen and oxygen atoms in total. The maximum absolute atomic E-state index is 4.80. The van der Waals surface area contributed by atoms with Crippen molar-refractivity contribution < 1.29 is 4.63 Å². The minimum Gasteiger partial charge on any atom is -0.350 e. The Morgan fingerprint density at radius 3 is 2.65 bits per heavy atom. The minimum absolute atomic E-state index is 0.864. The van der Waals surface area contributed by atoms with E-state index in [4.69, 9.17) is 4.63 Å². The van der Waals surface area contributed by atoms with Crippen LogP contribution in [0.2, 0.25) is 0 Å².